The molecule has 10 rings (SSSR count). The molecule has 2 aromatic heterocycles. The van der Waals surface area contributed by atoms with E-state index in [-0.39, 0.29) is 5.41 Å². The van der Waals surface area contributed by atoms with Gasteiger partial charge in [0.25, 0.3) is 0 Å². The lowest BCUT2D eigenvalue weighted by Gasteiger charge is -2.36. The number of hydrogen-bond donors (Lipinski definition) is 0. The predicted molar refractivity (Wildman–Crippen MR) is 203 cm³/mol. The Morgan fingerprint density at radius 2 is 1.16 bits per heavy atom. The first-order chi connectivity index (χ1) is 25.2. The van der Waals surface area contributed by atoms with Crippen molar-refractivity contribution in [3.05, 3.63) is 150 Å². The first kappa shape index (κ1) is 29.5. The van der Waals surface area contributed by atoms with Crippen molar-refractivity contribution in [2.45, 2.75) is 37.5 Å². The van der Waals surface area contributed by atoms with Crippen LogP contribution >= 0.6 is 0 Å². The van der Waals surface area contributed by atoms with E-state index in [1.807, 2.05) is 72.8 Å². The van der Waals surface area contributed by atoms with E-state index in [2.05, 4.69) is 66.7 Å². The standard InChI is InChI=1S/C46H32N4O/c47-28-32-17-10-21-37-40(32)41-33(18-12-22-38(41)46(37)25-8-3-9-26-46)31-23-24-39-36(27-31)34-19-11-20-35(42(34)51-39)45-49-43(29-13-4-1-5-14-29)48-44(50-45)30-15-6-2-7-16-30/h1-2,4-7,10-24,27H,3,8-9,25-26H2. The molecule has 2 aliphatic carbocycles. The first-order valence-electron chi connectivity index (χ1n) is 17.7. The Balaban J connectivity index is 1.16. The number of fused-ring (bicyclic) bond motifs is 8. The van der Waals surface area contributed by atoms with Gasteiger partial charge in [-0.05, 0) is 64.9 Å². The quantitative estimate of drug-likeness (QED) is 0.188. The number of nitriles is 1. The van der Waals surface area contributed by atoms with Crippen LogP contribution in [0.3, 0.4) is 0 Å². The number of aromatic nitrogens is 3. The Kier molecular flexibility index (Phi) is 6.72. The summed E-state index contributed by atoms with van der Waals surface area (Å²) in [4.78, 5) is 14.9. The summed E-state index contributed by atoms with van der Waals surface area (Å²) < 4.78 is 6.65. The van der Waals surface area contributed by atoms with Crippen molar-refractivity contribution in [3.8, 4) is 62.5 Å². The third-order valence-electron chi connectivity index (χ3n) is 11.0. The number of furan rings is 1. The fourth-order valence-electron chi connectivity index (χ4n) is 8.68. The molecule has 1 saturated carbocycles. The van der Waals surface area contributed by atoms with Crippen molar-refractivity contribution >= 4 is 21.9 Å². The van der Waals surface area contributed by atoms with Gasteiger partial charge < -0.3 is 4.42 Å². The molecule has 0 aliphatic heterocycles. The minimum atomic E-state index is -0.0329. The van der Waals surface area contributed by atoms with Gasteiger partial charge in [-0.1, -0.05) is 128 Å². The molecule has 51 heavy (non-hydrogen) atoms. The summed E-state index contributed by atoms with van der Waals surface area (Å²) in [6, 6.07) is 48.3. The van der Waals surface area contributed by atoms with Crippen molar-refractivity contribution in [3.63, 3.8) is 0 Å². The second-order valence-electron chi connectivity index (χ2n) is 13.7. The minimum Gasteiger partial charge on any atom is -0.455 e. The minimum absolute atomic E-state index is 0.0329. The molecular weight excluding hydrogens is 625 g/mol. The average Bonchev–Trinajstić information content (AvgIpc) is 3.71. The molecule has 242 valence electrons. The van der Waals surface area contributed by atoms with Crippen LogP contribution in [-0.4, -0.2) is 15.0 Å². The normalized spacial score (nSPS) is 14.4. The molecule has 0 bridgehead atoms. The van der Waals surface area contributed by atoms with Gasteiger partial charge in [0.1, 0.15) is 11.2 Å². The van der Waals surface area contributed by atoms with Gasteiger partial charge in [-0.2, -0.15) is 5.26 Å². The van der Waals surface area contributed by atoms with Crippen LogP contribution in [0.4, 0.5) is 0 Å². The van der Waals surface area contributed by atoms with Crippen LogP contribution in [0.5, 0.6) is 0 Å². The molecular formula is C46H32N4O. The third kappa shape index (κ3) is 4.57. The highest BCUT2D eigenvalue weighted by molar-refractivity contribution is 6.11. The van der Waals surface area contributed by atoms with Gasteiger partial charge in [0.05, 0.1) is 17.2 Å². The SMILES string of the molecule is N#Cc1cccc2c1-c1c(-c3ccc4oc5c(-c6nc(-c7ccccc7)nc(-c7ccccc7)n6)cccc5c4c3)cccc1C21CCCCC1. The summed E-state index contributed by atoms with van der Waals surface area (Å²) in [6.07, 6.45) is 5.91. The van der Waals surface area contributed by atoms with Gasteiger partial charge in [-0.25, -0.2) is 15.0 Å². The van der Waals surface area contributed by atoms with Gasteiger partial charge in [-0.15, -0.1) is 0 Å². The van der Waals surface area contributed by atoms with E-state index < -0.39 is 0 Å². The monoisotopic (exact) mass is 656 g/mol. The third-order valence-corrected chi connectivity index (χ3v) is 11.0. The fourth-order valence-corrected chi connectivity index (χ4v) is 8.68. The molecule has 2 heterocycles. The summed E-state index contributed by atoms with van der Waals surface area (Å²) in [5, 5.41) is 12.3. The molecule has 2 aliphatic rings. The van der Waals surface area contributed by atoms with Gasteiger partial charge >= 0.3 is 0 Å². The Morgan fingerprint density at radius 1 is 0.529 bits per heavy atom. The van der Waals surface area contributed by atoms with Gasteiger partial charge in [0.15, 0.2) is 17.5 Å². The molecule has 0 saturated heterocycles. The number of nitrogens with zero attached hydrogens (tertiary/aromatic N) is 4. The Labute approximate surface area is 295 Å². The average molecular weight is 657 g/mol. The van der Waals surface area contributed by atoms with Crippen molar-refractivity contribution in [2.24, 2.45) is 0 Å². The highest BCUT2D eigenvalue weighted by Crippen LogP contribution is 2.58. The van der Waals surface area contributed by atoms with Crippen molar-refractivity contribution in [1.82, 2.24) is 15.0 Å². The lowest BCUT2D eigenvalue weighted by Crippen LogP contribution is -2.28. The zero-order valence-corrected chi connectivity index (χ0v) is 27.9. The predicted octanol–water partition coefficient (Wildman–Crippen LogP) is 11.5. The maximum Gasteiger partial charge on any atom is 0.167 e. The lowest BCUT2D eigenvalue weighted by atomic mass is 9.67. The van der Waals surface area contributed by atoms with Crippen LogP contribution in [0, 0.1) is 11.3 Å². The summed E-state index contributed by atoms with van der Waals surface area (Å²) in [5.74, 6) is 1.79. The van der Waals surface area contributed by atoms with Crippen LogP contribution < -0.4 is 0 Å². The Bertz CT molecular complexity index is 2620. The van der Waals surface area contributed by atoms with E-state index in [4.69, 9.17) is 19.4 Å². The van der Waals surface area contributed by atoms with E-state index in [1.165, 1.54) is 36.0 Å². The number of rotatable bonds is 4. The molecule has 0 N–H and O–H groups in total. The molecule has 6 aromatic carbocycles. The first-order valence-corrected chi connectivity index (χ1v) is 17.7. The molecule has 1 spiro atoms. The number of para-hydroxylation sites is 1. The smallest absolute Gasteiger partial charge is 0.167 e. The second-order valence-corrected chi connectivity index (χ2v) is 13.7. The maximum absolute atomic E-state index is 10.3. The molecule has 0 unspecified atom stereocenters. The van der Waals surface area contributed by atoms with E-state index in [0.717, 1.165) is 73.7 Å². The molecule has 1 fully saturated rings. The molecule has 8 aromatic rings. The zero-order valence-electron chi connectivity index (χ0n) is 27.9. The largest absolute Gasteiger partial charge is 0.455 e. The van der Waals surface area contributed by atoms with Crippen LogP contribution in [0.25, 0.3) is 78.4 Å². The van der Waals surface area contributed by atoms with Crippen molar-refractivity contribution < 1.29 is 4.42 Å². The maximum atomic E-state index is 10.3. The van der Waals surface area contributed by atoms with Crippen LogP contribution in [0.1, 0.15) is 48.8 Å². The molecule has 0 amide bonds. The number of hydrogen-bond acceptors (Lipinski definition) is 5. The highest BCUT2D eigenvalue weighted by Gasteiger charge is 2.45. The number of benzene rings is 6. The lowest BCUT2D eigenvalue weighted by molar-refractivity contribution is 0.353. The summed E-state index contributed by atoms with van der Waals surface area (Å²) in [7, 11) is 0. The van der Waals surface area contributed by atoms with Crippen molar-refractivity contribution in [2.75, 3.05) is 0 Å². The molecule has 5 nitrogen and oxygen atoms in total. The van der Waals surface area contributed by atoms with E-state index >= 15 is 0 Å². The van der Waals surface area contributed by atoms with Crippen molar-refractivity contribution in [1.29, 1.82) is 5.26 Å². The molecule has 5 heteroatoms. The van der Waals surface area contributed by atoms with Crippen LogP contribution in [-0.2, 0) is 5.41 Å². The van der Waals surface area contributed by atoms with E-state index in [1.54, 1.807) is 0 Å². The summed E-state index contributed by atoms with van der Waals surface area (Å²) in [6.45, 7) is 0. The Morgan fingerprint density at radius 3 is 1.86 bits per heavy atom. The van der Waals surface area contributed by atoms with Gasteiger partial charge in [-0.3, -0.25) is 0 Å². The Hall–Kier alpha value is -6.38. The van der Waals surface area contributed by atoms with Crippen LogP contribution in [0.15, 0.2) is 138 Å². The van der Waals surface area contributed by atoms with E-state index in [0.29, 0.717) is 17.5 Å². The molecule has 0 radical (unpaired) electrons. The van der Waals surface area contributed by atoms with Crippen LogP contribution in [0.2, 0.25) is 0 Å². The highest BCUT2D eigenvalue weighted by atomic mass is 16.3. The fraction of sp³-hybridized carbons (Fsp3) is 0.130. The van der Waals surface area contributed by atoms with Gasteiger partial charge in [0, 0.05) is 32.9 Å². The summed E-state index contributed by atoms with van der Waals surface area (Å²) in [5.41, 5.74) is 12.2. The second kappa shape index (κ2) is 11.6. The summed E-state index contributed by atoms with van der Waals surface area (Å²) >= 11 is 0. The molecule has 0 atom stereocenters. The zero-order chi connectivity index (χ0) is 33.9. The van der Waals surface area contributed by atoms with Gasteiger partial charge in [0.2, 0.25) is 0 Å². The van der Waals surface area contributed by atoms with E-state index in [9.17, 15) is 5.26 Å². The topological polar surface area (TPSA) is 75.6 Å².